The Morgan fingerprint density at radius 2 is 2.08 bits per heavy atom. The van der Waals surface area contributed by atoms with Gasteiger partial charge in [0.15, 0.2) is 0 Å². The van der Waals surface area contributed by atoms with E-state index in [1.165, 1.54) is 0 Å². The topological polar surface area (TPSA) is 90.3 Å². The van der Waals surface area contributed by atoms with Crippen molar-refractivity contribution < 1.29 is 4.74 Å². The number of nitrogen functional groups attached to an aromatic ring is 1. The number of aromatic nitrogens is 2. The second-order valence-electron chi connectivity index (χ2n) is 6.17. The van der Waals surface area contributed by atoms with Crippen LogP contribution < -0.4 is 21.1 Å². The second-order valence-corrected chi connectivity index (χ2v) is 6.60. The number of ether oxygens (including phenoxy) is 1. The third kappa shape index (κ3) is 4.07. The molecule has 0 unspecified atom stereocenters. The van der Waals surface area contributed by atoms with Crippen LogP contribution in [0, 0.1) is 0 Å². The van der Waals surface area contributed by atoms with E-state index in [1.807, 2.05) is 36.2 Å². The van der Waals surface area contributed by atoms with E-state index in [0.717, 1.165) is 30.1 Å². The summed E-state index contributed by atoms with van der Waals surface area (Å²) in [6.07, 6.45) is 1.91. The smallest absolute Gasteiger partial charge is 0.222 e. The molecule has 2 aromatic rings. The monoisotopic (exact) mass is 347 g/mol. The molecule has 0 spiro atoms. The molecule has 4 N–H and O–H groups in total. The Hall–Kier alpha value is -2.05. The minimum Gasteiger partial charge on any atom is -0.492 e. The van der Waals surface area contributed by atoms with Gasteiger partial charge in [-0.25, -0.2) is 4.98 Å². The van der Waals surface area contributed by atoms with Gasteiger partial charge in [0, 0.05) is 30.1 Å². The highest BCUT2D eigenvalue weighted by atomic mass is 35.5. The van der Waals surface area contributed by atoms with Crippen LogP contribution in [0.1, 0.15) is 24.5 Å². The minimum atomic E-state index is 0.276. The molecule has 1 aliphatic rings. The lowest BCUT2D eigenvalue weighted by Crippen LogP contribution is -2.35. The Morgan fingerprint density at radius 1 is 1.29 bits per heavy atom. The molecule has 1 aliphatic carbocycles. The van der Waals surface area contributed by atoms with Gasteiger partial charge >= 0.3 is 0 Å². The third-order valence-corrected chi connectivity index (χ3v) is 4.46. The van der Waals surface area contributed by atoms with Gasteiger partial charge in [0.25, 0.3) is 0 Å². The lowest BCUT2D eigenvalue weighted by molar-refractivity contribution is 0.325. The molecule has 1 aromatic carbocycles. The SMILES string of the molecule is CN(CCOc1cccc(Cl)c1)c1cc(C2CC(N)C2)nc(N)n1. The van der Waals surface area contributed by atoms with E-state index >= 15 is 0 Å². The number of hydrogen-bond donors (Lipinski definition) is 2. The van der Waals surface area contributed by atoms with Crippen molar-refractivity contribution in [2.75, 3.05) is 30.8 Å². The fraction of sp³-hybridized carbons (Fsp3) is 0.412. The minimum absolute atomic E-state index is 0.276. The lowest BCUT2D eigenvalue weighted by Gasteiger charge is -2.32. The van der Waals surface area contributed by atoms with Crippen LogP contribution in [0.25, 0.3) is 0 Å². The number of nitrogens with two attached hydrogens (primary N) is 2. The van der Waals surface area contributed by atoms with E-state index in [1.54, 1.807) is 6.07 Å². The first-order valence-electron chi connectivity index (χ1n) is 8.01. The first-order chi connectivity index (χ1) is 11.5. The Morgan fingerprint density at radius 3 is 2.79 bits per heavy atom. The summed E-state index contributed by atoms with van der Waals surface area (Å²) in [4.78, 5) is 10.7. The molecule has 7 heteroatoms. The number of hydrogen-bond acceptors (Lipinski definition) is 6. The molecule has 0 saturated heterocycles. The summed E-state index contributed by atoms with van der Waals surface area (Å²) in [5, 5.41) is 0.660. The molecule has 0 bridgehead atoms. The largest absolute Gasteiger partial charge is 0.492 e. The van der Waals surface area contributed by atoms with E-state index in [-0.39, 0.29) is 6.04 Å². The van der Waals surface area contributed by atoms with Gasteiger partial charge in [-0.1, -0.05) is 17.7 Å². The Balaban J connectivity index is 1.59. The van der Waals surface area contributed by atoms with Gasteiger partial charge < -0.3 is 21.1 Å². The summed E-state index contributed by atoms with van der Waals surface area (Å²) in [5.41, 5.74) is 12.7. The van der Waals surface area contributed by atoms with Crippen LogP contribution in [0.15, 0.2) is 30.3 Å². The molecule has 0 amide bonds. The van der Waals surface area contributed by atoms with E-state index in [9.17, 15) is 0 Å². The maximum Gasteiger partial charge on any atom is 0.222 e. The van der Waals surface area contributed by atoms with Gasteiger partial charge in [0.1, 0.15) is 18.2 Å². The molecule has 1 saturated carbocycles. The number of benzene rings is 1. The summed E-state index contributed by atoms with van der Waals surface area (Å²) in [6, 6.07) is 9.62. The molecule has 1 fully saturated rings. The number of halogens is 1. The fourth-order valence-corrected chi connectivity index (χ4v) is 2.93. The summed E-state index contributed by atoms with van der Waals surface area (Å²) >= 11 is 5.95. The fourth-order valence-electron chi connectivity index (χ4n) is 2.75. The van der Waals surface area contributed by atoms with Crippen molar-refractivity contribution in [3.8, 4) is 5.75 Å². The first-order valence-corrected chi connectivity index (χ1v) is 8.38. The molecular formula is C17H22ClN5O. The van der Waals surface area contributed by atoms with Crippen LogP contribution in [0.3, 0.4) is 0 Å². The Labute approximate surface area is 146 Å². The Kier molecular flexibility index (Phi) is 5.06. The van der Waals surface area contributed by atoms with Gasteiger partial charge in [-0.15, -0.1) is 0 Å². The van der Waals surface area contributed by atoms with Crippen molar-refractivity contribution in [1.29, 1.82) is 0 Å². The average Bonchev–Trinajstić information content (AvgIpc) is 2.51. The highest BCUT2D eigenvalue weighted by Gasteiger charge is 2.29. The van der Waals surface area contributed by atoms with Gasteiger partial charge in [0.2, 0.25) is 5.95 Å². The third-order valence-electron chi connectivity index (χ3n) is 4.23. The maximum absolute atomic E-state index is 5.95. The molecule has 6 nitrogen and oxygen atoms in total. The standard InChI is InChI=1S/C17H22ClN5O/c1-23(5-6-24-14-4-2-3-12(18)9-14)16-10-15(21-17(20)22-16)11-7-13(19)8-11/h2-4,9-11,13H,5-8,19H2,1H3,(H2,20,21,22). The molecule has 0 radical (unpaired) electrons. The van der Waals surface area contributed by atoms with Crippen molar-refractivity contribution in [2.24, 2.45) is 5.73 Å². The van der Waals surface area contributed by atoms with Crippen molar-refractivity contribution in [3.05, 3.63) is 41.0 Å². The molecule has 3 rings (SSSR count). The molecule has 0 aliphatic heterocycles. The molecular weight excluding hydrogens is 326 g/mol. The zero-order valence-corrected chi connectivity index (χ0v) is 14.4. The van der Waals surface area contributed by atoms with Crippen molar-refractivity contribution in [2.45, 2.75) is 24.8 Å². The highest BCUT2D eigenvalue weighted by molar-refractivity contribution is 6.30. The predicted octanol–water partition coefficient (Wildman–Crippen LogP) is 2.43. The molecule has 0 atom stereocenters. The average molecular weight is 348 g/mol. The summed E-state index contributed by atoms with van der Waals surface area (Å²) in [6.45, 7) is 1.19. The van der Waals surface area contributed by atoms with Crippen molar-refractivity contribution in [3.63, 3.8) is 0 Å². The quantitative estimate of drug-likeness (QED) is 0.834. The zero-order chi connectivity index (χ0) is 17.1. The van der Waals surface area contributed by atoms with Crippen LogP contribution in [0.2, 0.25) is 5.02 Å². The number of likely N-dealkylation sites (N-methyl/N-ethyl adjacent to an activating group) is 1. The number of rotatable bonds is 6. The molecule has 1 aromatic heterocycles. The molecule has 128 valence electrons. The van der Waals surface area contributed by atoms with Crippen molar-refractivity contribution >= 4 is 23.4 Å². The summed E-state index contributed by atoms with van der Waals surface area (Å²) in [5.74, 6) is 2.24. The van der Waals surface area contributed by atoms with E-state index < -0.39 is 0 Å². The second kappa shape index (κ2) is 7.23. The summed E-state index contributed by atoms with van der Waals surface area (Å²) < 4.78 is 5.72. The van der Waals surface area contributed by atoms with Crippen molar-refractivity contribution in [1.82, 2.24) is 9.97 Å². The van der Waals surface area contributed by atoms with Gasteiger partial charge in [0.05, 0.1) is 12.2 Å². The van der Waals surface area contributed by atoms with Crippen LogP contribution in [0.4, 0.5) is 11.8 Å². The zero-order valence-electron chi connectivity index (χ0n) is 13.7. The molecule has 1 heterocycles. The lowest BCUT2D eigenvalue weighted by atomic mass is 9.78. The normalized spacial score (nSPS) is 19.6. The highest BCUT2D eigenvalue weighted by Crippen LogP contribution is 2.35. The number of nitrogens with zero attached hydrogens (tertiary/aromatic N) is 3. The predicted molar refractivity (Wildman–Crippen MR) is 96.6 cm³/mol. The van der Waals surface area contributed by atoms with E-state index in [0.29, 0.717) is 30.0 Å². The first kappa shape index (κ1) is 16.8. The Bertz CT molecular complexity index is 705. The van der Waals surface area contributed by atoms with Crippen LogP contribution in [-0.2, 0) is 0 Å². The van der Waals surface area contributed by atoms with Crippen LogP contribution >= 0.6 is 11.6 Å². The van der Waals surface area contributed by atoms with Crippen LogP contribution in [0.5, 0.6) is 5.75 Å². The van der Waals surface area contributed by atoms with E-state index in [2.05, 4.69) is 9.97 Å². The van der Waals surface area contributed by atoms with Gasteiger partial charge in [-0.05, 0) is 31.0 Å². The number of anilines is 2. The molecule has 24 heavy (non-hydrogen) atoms. The van der Waals surface area contributed by atoms with E-state index in [4.69, 9.17) is 27.8 Å². The van der Waals surface area contributed by atoms with Gasteiger partial charge in [-0.3, -0.25) is 0 Å². The maximum atomic E-state index is 5.95. The van der Waals surface area contributed by atoms with Gasteiger partial charge in [-0.2, -0.15) is 4.98 Å². The summed E-state index contributed by atoms with van der Waals surface area (Å²) in [7, 11) is 1.96. The van der Waals surface area contributed by atoms with Crippen LogP contribution in [-0.4, -0.2) is 36.2 Å².